The Hall–Kier alpha value is -5.41. The number of hydrogen-bond donors (Lipinski definition) is 1. The Balaban J connectivity index is 0.000000305. The first-order valence-electron chi connectivity index (χ1n) is 20.5. The van der Waals surface area contributed by atoms with Crippen LogP contribution in [-0.2, 0) is 24.9 Å². The van der Waals surface area contributed by atoms with Gasteiger partial charge in [0.05, 0.1) is 11.3 Å². The fourth-order valence-electron chi connectivity index (χ4n) is 8.39. The number of ketones is 1. The zero-order chi connectivity index (χ0) is 40.1. The Bertz CT molecular complexity index is 2570. The van der Waals surface area contributed by atoms with E-state index in [4.69, 9.17) is 4.98 Å². The van der Waals surface area contributed by atoms with Crippen LogP contribution in [0.2, 0.25) is 0 Å². The molecule has 1 aromatic heterocycles. The van der Waals surface area contributed by atoms with Gasteiger partial charge in [-0.05, 0) is 99.1 Å². The van der Waals surface area contributed by atoms with Crippen LogP contribution in [-0.4, -0.2) is 15.9 Å². The van der Waals surface area contributed by atoms with Crippen LogP contribution in [0, 0.1) is 31.7 Å². The van der Waals surface area contributed by atoms with Gasteiger partial charge >= 0.3 is 0 Å². The quantitative estimate of drug-likeness (QED) is 0.0891. The van der Waals surface area contributed by atoms with Gasteiger partial charge < -0.3 is 5.11 Å². The number of aryl methyl sites for hydroxylation is 2. The minimum atomic E-state index is 0. The van der Waals surface area contributed by atoms with Crippen molar-refractivity contribution in [2.75, 3.05) is 0 Å². The van der Waals surface area contributed by atoms with Gasteiger partial charge in [0.1, 0.15) is 0 Å². The van der Waals surface area contributed by atoms with E-state index in [0.29, 0.717) is 0 Å². The molecule has 6 aromatic carbocycles. The van der Waals surface area contributed by atoms with Crippen LogP contribution in [0.1, 0.15) is 64.5 Å². The molecule has 0 bridgehead atoms. The predicted octanol–water partition coefficient (Wildman–Crippen LogP) is 14.8. The molecule has 1 aliphatic rings. The van der Waals surface area contributed by atoms with Gasteiger partial charge in [0.25, 0.3) is 0 Å². The molecular formula is C54H52IrNO2-. The minimum absolute atomic E-state index is 0. The minimum Gasteiger partial charge on any atom is -0.512 e. The smallest absolute Gasteiger partial charge is 0.162 e. The molecular weight excluding hydrogens is 887 g/mol. The summed E-state index contributed by atoms with van der Waals surface area (Å²) in [4.78, 5) is 16.8. The van der Waals surface area contributed by atoms with Crippen LogP contribution in [0.15, 0.2) is 145 Å². The number of benzene rings is 6. The number of hydrogen-bond acceptors (Lipinski definition) is 3. The molecule has 0 atom stereocenters. The van der Waals surface area contributed by atoms with Gasteiger partial charge in [-0.2, -0.15) is 0 Å². The van der Waals surface area contributed by atoms with Gasteiger partial charge in [-0.25, -0.2) is 0 Å². The van der Waals surface area contributed by atoms with Crippen LogP contribution < -0.4 is 0 Å². The third kappa shape index (κ3) is 8.70. The number of nitrogens with zero attached hydrogens (tertiary/aromatic N) is 1. The Labute approximate surface area is 358 Å². The van der Waals surface area contributed by atoms with Crippen molar-refractivity contribution in [3.63, 3.8) is 0 Å². The van der Waals surface area contributed by atoms with Crippen LogP contribution >= 0.6 is 0 Å². The molecule has 0 aliphatic heterocycles. The molecule has 0 amide bonds. The maximum absolute atomic E-state index is 11.7. The molecule has 1 radical (unpaired) electrons. The summed E-state index contributed by atoms with van der Waals surface area (Å²) in [6.45, 7) is 12.3. The SMILES string of the molecule is CCC(CC)C(=O)/C=C(\O)C(CC)CC.Cc1[c-]c(-c2cc(-c3ccc4c(c3)-c3ccccc3-c3ccccc3-c3ccccc3-4)c3ccccc3n2)cc(C)c1.[Ir]. The molecule has 0 saturated heterocycles. The van der Waals surface area contributed by atoms with Crippen LogP contribution in [0.5, 0.6) is 0 Å². The van der Waals surface area contributed by atoms with E-state index in [0.717, 1.165) is 53.4 Å². The molecule has 0 fully saturated rings. The maximum Gasteiger partial charge on any atom is 0.162 e. The summed E-state index contributed by atoms with van der Waals surface area (Å²) in [5.74, 6) is 0.547. The average Bonchev–Trinajstić information content (AvgIpc) is 3.23. The first-order chi connectivity index (χ1) is 27.7. The normalized spacial score (nSPS) is 11.6. The van der Waals surface area contributed by atoms with E-state index in [1.807, 2.05) is 27.7 Å². The standard InChI is InChI=1S/C41H28N.C13H24O2.Ir/c1-26-21-27(2)23-29(22-26)41-25-38(37-17-9-10-18-40(37)42-41)28-19-20-36-34-15-6-5-13-32(34)30-11-3-4-12-31(30)33-14-7-8-16-35(33)39(36)24-28;1-5-10(6-2)12(14)9-13(15)11(7-3)8-4;/h3-22,24-25H,1-2H3;9-11,14H,5-8H2,1-4H3;/q-1;;/b;12-9-;. The number of carbonyl (C=O) groups is 1. The molecule has 58 heavy (non-hydrogen) atoms. The number of rotatable bonds is 9. The number of para-hydroxylation sites is 1. The summed E-state index contributed by atoms with van der Waals surface area (Å²) in [6, 6.07) is 52.0. The molecule has 1 aliphatic carbocycles. The van der Waals surface area contributed by atoms with E-state index in [2.05, 4.69) is 153 Å². The molecule has 8 rings (SSSR count). The summed E-state index contributed by atoms with van der Waals surface area (Å²) in [5, 5.41) is 10.9. The monoisotopic (exact) mass is 939 g/mol. The summed E-state index contributed by atoms with van der Waals surface area (Å²) >= 11 is 0. The zero-order valence-corrected chi connectivity index (χ0v) is 36.8. The third-order valence-electron chi connectivity index (χ3n) is 11.5. The topological polar surface area (TPSA) is 50.2 Å². The Morgan fingerprint density at radius 1 is 0.586 bits per heavy atom. The number of pyridine rings is 1. The fourth-order valence-corrected chi connectivity index (χ4v) is 8.39. The molecule has 0 spiro atoms. The van der Waals surface area contributed by atoms with Crippen molar-refractivity contribution in [3.05, 3.63) is 162 Å². The van der Waals surface area contributed by atoms with Crippen molar-refractivity contribution in [2.45, 2.75) is 67.2 Å². The zero-order valence-electron chi connectivity index (χ0n) is 34.4. The van der Waals surface area contributed by atoms with Gasteiger partial charge in [0.2, 0.25) is 0 Å². The molecule has 4 heteroatoms. The Morgan fingerprint density at radius 2 is 1.07 bits per heavy atom. The van der Waals surface area contributed by atoms with Crippen LogP contribution in [0.25, 0.3) is 77.8 Å². The number of aromatic nitrogens is 1. The largest absolute Gasteiger partial charge is 0.512 e. The van der Waals surface area contributed by atoms with Crippen molar-refractivity contribution in [1.29, 1.82) is 0 Å². The van der Waals surface area contributed by atoms with Crippen molar-refractivity contribution in [2.24, 2.45) is 11.8 Å². The second-order valence-electron chi connectivity index (χ2n) is 15.2. The van der Waals surface area contributed by atoms with Gasteiger partial charge in [-0.15, -0.1) is 34.9 Å². The number of allylic oxidation sites excluding steroid dienone is 2. The third-order valence-corrected chi connectivity index (χ3v) is 11.5. The number of aliphatic hydroxyl groups is 1. The van der Waals surface area contributed by atoms with Crippen molar-refractivity contribution >= 4 is 16.7 Å². The van der Waals surface area contributed by atoms with Gasteiger partial charge in [0.15, 0.2) is 5.78 Å². The van der Waals surface area contributed by atoms with E-state index < -0.39 is 0 Å². The molecule has 0 saturated carbocycles. The van der Waals surface area contributed by atoms with Crippen LogP contribution in [0.3, 0.4) is 0 Å². The number of carbonyl (C=O) groups excluding carboxylic acids is 1. The van der Waals surface area contributed by atoms with Crippen molar-refractivity contribution in [1.82, 2.24) is 4.98 Å². The predicted molar refractivity (Wildman–Crippen MR) is 240 cm³/mol. The van der Waals surface area contributed by atoms with Crippen molar-refractivity contribution in [3.8, 4) is 66.9 Å². The molecule has 295 valence electrons. The fraction of sp³-hybridized carbons (Fsp3) is 0.222. The van der Waals surface area contributed by atoms with E-state index in [1.165, 1.54) is 67.3 Å². The van der Waals surface area contributed by atoms with E-state index in [1.54, 1.807) is 0 Å². The number of fused-ring (bicyclic) bond motifs is 9. The van der Waals surface area contributed by atoms with E-state index in [9.17, 15) is 9.90 Å². The van der Waals surface area contributed by atoms with E-state index >= 15 is 0 Å². The summed E-state index contributed by atoms with van der Waals surface area (Å²) in [5.41, 5.74) is 17.7. The van der Waals surface area contributed by atoms with Gasteiger partial charge in [0, 0.05) is 43.4 Å². The molecule has 7 aromatic rings. The van der Waals surface area contributed by atoms with Crippen molar-refractivity contribution < 1.29 is 30.0 Å². The van der Waals surface area contributed by atoms with Gasteiger partial charge in [-0.3, -0.25) is 9.78 Å². The second-order valence-corrected chi connectivity index (χ2v) is 15.2. The summed E-state index contributed by atoms with van der Waals surface area (Å²) in [7, 11) is 0. The van der Waals surface area contributed by atoms with Crippen LogP contribution in [0.4, 0.5) is 0 Å². The molecule has 0 unspecified atom stereocenters. The Morgan fingerprint density at radius 3 is 1.59 bits per heavy atom. The van der Waals surface area contributed by atoms with Gasteiger partial charge in [-0.1, -0.05) is 151 Å². The first-order valence-corrected chi connectivity index (χ1v) is 20.5. The maximum atomic E-state index is 11.7. The molecule has 1 heterocycles. The number of aliphatic hydroxyl groups excluding tert-OH is 1. The first kappa shape index (κ1) is 42.2. The Kier molecular flexibility index (Phi) is 13.7. The average molecular weight is 939 g/mol. The molecule has 3 nitrogen and oxygen atoms in total. The molecule has 1 N–H and O–H groups in total. The summed E-state index contributed by atoms with van der Waals surface area (Å²) in [6.07, 6.45) is 4.91. The summed E-state index contributed by atoms with van der Waals surface area (Å²) < 4.78 is 0. The van der Waals surface area contributed by atoms with E-state index in [-0.39, 0.29) is 43.5 Å². The second kappa shape index (κ2) is 18.9.